The van der Waals surface area contributed by atoms with Gasteiger partial charge in [0.15, 0.2) is 6.29 Å². The maximum atomic E-state index is 9.91. The first-order chi connectivity index (χ1) is 3.95. The lowest BCUT2D eigenvalue weighted by atomic mass is 10.5. The Morgan fingerprint density at radius 1 is 1.67 bits per heavy atom. The van der Waals surface area contributed by atoms with Gasteiger partial charge in [-0.3, -0.25) is 4.52 Å². The van der Waals surface area contributed by atoms with Crippen LogP contribution in [0.3, 0.4) is 0 Å². The molecule has 0 fully saturated rings. The van der Waals surface area contributed by atoms with Crippen LogP contribution in [0, 0.1) is 0 Å². The summed E-state index contributed by atoms with van der Waals surface area (Å²) in [6.45, 7) is 1.54. The molecule has 0 spiro atoms. The van der Waals surface area contributed by atoms with Gasteiger partial charge in [0.05, 0.1) is 0 Å². The second-order valence-corrected chi connectivity index (χ2v) is 2.65. The quantitative estimate of drug-likeness (QED) is 0.390. The van der Waals surface area contributed by atoms with Gasteiger partial charge in [-0.2, -0.15) is 0 Å². The third-order valence-corrected chi connectivity index (χ3v) is 1.13. The summed E-state index contributed by atoms with van der Waals surface area (Å²) in [7, 11) is -4.49. The van der Waals surface area contributed by atoms with Gasteiger partial charge in [-0.05, 0) is 6.42 Å². The molecule has 0 radical (unpaired) electrons. The van der Waals surface area contributed by atoms with Crippen LogP contribution in [0.5, 0.6) is 0 Å². The maximum absolute atomic E-state index is 9.91. The van der Waals surface area contributed by atoms with E-state index in [0.717, 1.165) is 0 Å². The zero-order valence-corrected chi connectivity index (χ0v) is 5.78. The first kappa shape index (κ1) is 9.07. The highest BCUT2D eigenvalue weighted by Gasteiger charge is 2.18. The van der Waals surface area contributed by atoms with Crippen molar-refractivity contribution in [3.05, 3.63) is 0 Å². The fourth-order valence-electron chi connectivity index (χ4n) is 0.233. The number of hydrogen-bond acceptors (Lipinski definition) is 3. The molecule has 5 nitrogen and oxygen atoms in total. The zero-order valence-electron chi connectivity index (χ0n) is 4.89. The Labute approximate surface area is 52.5 Å². The SMILES string of the molecule is CCC(O)OP(=O)(O)O. The van der Waals surface area contributed by atoms with E-state index < -0.39 is 14.1 Å². The Balaban J connectivity index is 3.60. The zero-order chi connectivity index (χ0) is 7.49. The fourth-order valence-corrected chi connectivity index (χ4v) is 0.699. The molecule has 0 saturated carbocycles. The molecule has 0 aliphatic carbocycles. The highest BCUT2D eigenvalue weighted by Crippen LogP contribution is 2.37. The average Bonchev–Trinajstić information content (AvgIpc) is 1.62. The van der Waals surface area contributed by atoms with Crippen molar-refractivity contribution in [2.45, 2.75) is 19.6 Å². The minimum absolute atomic E-state index is 0.158. The van der Waals surface area contributed by atoms with Gasteiger partial charge in [-0.25, -0.2) is 4.57 Å². The average molecular weight is 156 g/mol. The van der Waals surface area contributed by atoms with E-state index in [0.29, 0.717) is 0 Å². The maximum Gasteiger partial charge on any atom is 0.471 e. The van der Waals surface area contributed by atoms with E-state index in [2.05, 4.69) is 4.52 Å². The van der Waals surface area contributed by atoms with Gasteiger partial charge in [0.2, 0.25) is 0 Å². The van der Waals surface area contributed by atoms with Crippen LogP contribution in [-0.2, 0) is 9.09 Å². The molecule has 0 saturated heterocycles. The summed E-state index contributed by atoms with van der Waals surface area (Å²) in [6.07, 6.45) is -1.21. The van der Waals surface area contributed by atoms with Crippen LogP contribution in [0.1, 0.15) is 13.3 Å². The normalized spacial score (nSPS) is 15.6. The van der Waals surface area contributed by atoms with E-state index in [4.69, 9.17) is 14.9 Å². The number of aliphatic hydroxyl groups is 1. The van der Waals surface area contributed by atoms with Gasteiger partial charge >= 0.3 is 7.82 Å². The molecule has 0 bridgehead atoms. The molecule has 0 aromatic rings. The second-order valence-electron chi connectivity index (χ2n) is 1.46. The van der Waals surface area contributed by atoms with Crippen molar-refractivity contribution >= 4 is 7.82 Å². The lowest BCUT2D eigenvalue weighted by Gasteiger charge is -2.08. The third-order valence-electron chi connectivity index (χ3n) is 0.608. The topological polar surface area (TPSA) is 87.0 Å². The van der Waals surface area contributed by atoms with Crippen molar-refractivity contribution in [1.29, 1.82) is 0 Å². The summed E-state index contributed by atoms with van der Waals surface area (Å²) in [5.74, 6) is 0. The number of hydrogen-bond donors (Lipinski definition) is 3. The van der Waals surface area contributed by atoms with Gasteiger partial charge in [0.1, 0.15) is 0 Å². The smallest absolute Gasteiger partial charge is 0.367 e. The first-order valence-corrected chi connectivity index (χ1v) is 3.90. The molecule has 6 heteroatoms. The Bertz CT molecular complexity index is 117. The van der Waals surface area contributed by atoms with Crippen molar-refractivity contribution in [1.82, 2.24) is 0 Å². The fraction of sp³-hybridized carbons (Fsp3) is 1.00. The Morgan fingerprint density at radius 2 is 2.11 bits per heavy atom. The van der Waals surface area contributed by atoms with E-state index in [9.17, 15) is 4.57 Å². The summed E-state index contributed by atoms with van der Waals surface area (Å²) in [5, 5.41) is 8.48. The minimum atomic E-state index is -4.49. The van der Waals surface area contributed by atoms with Crippen molar-refractivity contribution in [2.75, 3.05) is 0 Å². The van der Waals surface area contributed by atoms with Crippen LogP contribution in [0.4, 0.5) is 0 Å². The predicted molar refractivity (Wildman–Crippen MR) is 29.4 cm³/mol. The predicted octanol–water partition coefficient (Wildman–Crippen LogP) is -0.176. The molecule has 56 valence electrons. The third kappa shape index (κ3) is 5.95. The standard InChI is InChI=1S/C3H9O5P/c1-2-3(4)8-9(5,6)7/h3-4H,2H2,1H3,(H2,5,6,7). The lowest BCUT2D eigenvalue weighted by Crippen LogP contribution is -2.07. The molecule has 0 amide bonds. The van der Waals surface area contributed by atoms with Crippen LogP contribution in [0.25, 0.3) is 0 Å². The molecule has 9 heavy (non-hydrogen) atoms. The molecule has 0 aliphatic heterocycles. The minimum Gasteiger partial charge on any atom is -0.367 e. The summed E-state index contributed by atoms with van der Waals surface area (Å²) in [6, 6.07) is 0. The monoisotopic (exact) mass is 156 g/mol. The molecule has 0 aromatic heterocycles. The molecular formula is C3H9O5P. The summed E-state index contributed by atoms with van der Waals surface area (Å²) < 4.78 is 13.7. The number of phosphoric acid groups is 1. The van der Waals surface area contributed by atoms with Crippen LogP contribution in [0.2, 0.25) is 0 Å². The molecule has 0 rings (SSSR count). The van der Waals surface area contributed by atoms with Gasteiger partial charge in [-0.1, -0.05) is 6.92 Å². The summed E-state index contributed by atoms with van der Waals surface area (Å²) in [4.78, 5) is 16.1. The Morgan fingerprint density at radius 3 is 2.22 bits per heavy atom. The molecule has 1 unspecified atom stereocenters. The highest BCUT2D eigenvalue weighted by molar-refractivity contribution is 7.46. The first-order valence-electron chi connectivity index (χ1n) is 2.37. The summed E-state index contributed by atoms with van der Waals surface area (Å²) in [5.41, 5.74) is 0. The van der Waals surface area contributed by atoms with Crippen LogP contribution in [0.15, 0.2) is 0 Å². The molecule has 1 atom stereocenters. The molecule has 0 aromatic carbocycles. The lowest BCUT2D eigenvalue weighted by molar-refractivity contribution is -0.0378. The Hall–Kier alpha value is 0.0700. The highest BCUT2D eigenvalue weighted by atomic mass is 31.2. The largest absolute Gasteiger partial charge is 0.471 e. The van der Waals surface area contributed by atoms with Crippen LogP contribution >= 0.6 is 7.82 Å². The molecule has 3 N–H and O–H groups in total. The second kappa shape index (κ2) is 3.29. The van der Waals surface area contributed by atoms with Crippen molar-refractivity contribution < 1.29 is 24.0 Å². The number of rotatable bonds is 3. The summed E-state index contributed by atoms with van der Waals surface area (Å²) >= 11 is 0. The molecule has 0 heterocycles. The van der Waals surface area contributed by atoms with E-state index in [-0.39, 0.29) is 6.42 Å². The van der Waals surface area contributed by atoms with Crippen LogP contribution < -0.4 is 0 Å². The molecular weight excluding hydrogens is 147 g/mol. The van der Waals surface area contributed by atoms with E-state index in [1.807, 2.05) is 0 Å². The van der Waals surface area contributed by atoms with E-state index in [1.54, 1.807) is 6.92 Å². The van der Waals surface area contributed by atoms with Crippen molar-refractivity contribution in [3.8, 4) is 0 Å². The molecule has 0 aliphatic rings. The van der Waals surface area contributed by atoms with Gasteiger partial charge in [0, 0.05) is 0 Å². The van der Waals surface area contributed by atoms with Crippen LogP contribution in [-0.4, -0.2) is 21.2 Å². The van der Waals surface area contributed by atoms with E-state index in [1.165, 1.54) is 0 Å². The van der Waals surface area contributed by atoms with E-state index >= 15 is 0 Å². The van der Waals surface area contributed by atoms with Gasteiger partial charge in [-0.15, -0.1) is 0 Å². The van der Waals surface area contributed by atoms with Crippen molar-refractivity contribution in [2.24, 2.45) is 0 Å². The number of aliphatic hydroxyl groups excluding tert-OH is 1. The number of phosphoric ester groups is 1. The Kier molecular flexibility index (Phi) is 3.32. The van der Waals surface area contributed by atoms with Gasteiger partial charge < -0.3 is 14.9 Å². The van der Waals surface area contributed by atoms with Crippen molar-refractivity contribution in [3.63, 3.8) is 0 Å². The van der Waals surface area contributed by atoms with Gasteiger partial charge in [0.25, 0.3) is 0 Å².